The highest BCUT2D eigenvalue weighted by atomic mass is 35.5. The topological polar surface area (TPSA) is 36.4 Å². The second-order valence-electron chi connectivity index (χ2n) is 8.56. The van der Waals surface area contributed by atoms with Gasteiger partial charge < -0.3 is 15.5 Å². The van der Waals surface area contributed by atoms with E-state index in [-0.39, 0.29) is 0 Å². The average molecular weight is 537 g/mol. The molecule has 0 saturated carbocycles. The third-order valence-corrected chi connectivity index (χ3v) is 8.31. The summed E-state index contributed by atoms with van der Waals surface area (Å²) in [5.74, 6) is 1.07. The molecule has 0 fully saturated rings. The van der Waals surface area contributed by atoms with Crippen LogP contribution in [0.2, 0.25) is 10.0 Å². The van der Waals surface area contributed by atoms with Crippen LogP contribution in [-0.2, 0) is 6.54 Å². The minimum Gasteiger partial charge on any atom is -0.329 e. The highest BCUT2D eigenvalue weighted by Crippen LogP contribution is 2.45. The number of nitrogens with two attached hydrogens (primary N) is 1. The van der Waals surface area contributed by atoms with Crippen LogP contribution in [0.3, 0.4) is 0 Å². The Kier molecular flexibility index (Phi) is 7.35. The Bertz CT molecular complexity index is 1460. The van der Waals surface area contributed by atoms with Crippen molar-refractivity contribution in [3.8, 4) is 11.1 Å². The lowest BCUT2D eigenvalue weighted by Crippen LogP contribution is -2.33. The molecular formula is C29H29Cl2N4S+. The van der Waals surface area contributed by atoms with Crippen LogP contribution in [0.15, 0.2) is 78.6 Å². The lowest BCUT2D eigenvalue weighted by atomic mass is 10.1. The van der Waals surface area contributed by atoms with E-state index < -0.39 is 0 Å². The van der Waals surface area contributed by atoms with Gasteiger partial charge in [0.15, 0.2) is 0 Å². The van der Waals surface area contributed by atoms with Gasteiger partial charge in [-0.25, -0.2) is 0 Å². The lowest BCUT2D eigenvalue weighted by Gasteiger charge is -2.23. The quantitative estimate of drug-likeness (QED) is 0.251. The first-order valence-corrected chi connectivity index (χ1v) is 13.8. The molecule has 0 atom stereocenters. The number of thiazole rings is 1. The number of nitrogens with zero attached hydrogens (tertiary/aromatic N) is 3. The van der Waals surface area contributed by atoms with Crippen molar-refractivity contribution in [2.75, 3.05) is 29.4 Å². The largest absolute Gasteiger partial charge is 0.329 e. The van der Waals surface area contributed by atoms with E-state index in [0.717, 1.165) is 30.3 Å². The smallest absolute Gasteiger partial charge is 0.262 e. The number of anilines is 2. The van der Waals surface area contributed by atoms with Crippen molar-refractivity contribution in [3.05, 3.63) is 93.7 Å². The Hall–Kier alpha value is -2.83. The molecule has 0 spiro atoms. The summed E-state index contributed by atoms with van der Waals surface area (Å²) in [7, 11) is 0. The van der Waals surface area contributed by atoms with Crippen molar-refractivity contribution in [2.45, 2.75) is 20.4 Å². The maximum Gasteiger partial charge on any atom is 0.262 e. The molecule has 0 radical (unpaired) electrons. The molecular weight excluding hydrogens is 507 g/mol. The normalized spacial score (nSPS) is 14.5. The summed E-state index contributed by atoms with van der Waals surface area (Å²) >= 11 is 14.5. The summed E-state index contributed by atoms with van der Waals surface area (Å²) in [5, 5.41) is 2.32. The molecule has 36 heavy (non-hydrogen) atoms. The van der Waals surface area contributed by atoms with Gasteiger partial charge in [-0.2, -0.15) is 4.57 Å². The van der Waals surface area contributed by atoms with Crippen molar-refractivity contribution in [2.24, 2.45) is 5.73 Å². The van der Waals surface area contributed by atoms with Crippen LogP contribution >= 0.6 is 34.5 Å². The van der Waals surface area contributed by atoms with Gasteiger partial charge in [0, 0.05) is 31.8 Å². The van der Waals surface area contributed by atoms with Gasteiger partial charge in [0.2, 0.25) is 5.52 Å². The summed E-state index contributed by atoms with van der Waals surface area (Å²) in [5.41, 5.74) is 11.8. The van der Waals surface area contributed by atoms with Gasteiger partial charge in [0.1, 0.15) is 17.1 Å². The molecule has 5 rings (SSSR count). The molecule has 3 aromatic carbocycles. The summed E-state index contributed by atoms with van der Waals surface area (Å²) in [6.07, 6.45) is 6.48. The minimum absolute atomic E-state index is 0.536. The van der Waals surface area contributed by atoms with Crippen LogP contribution in [-0.4, -0.2) is 19.6 Å². The van der Waals surface area contributed by atoms with Crippen LogP contribution in [0.5, 0.6) is 0 Å². The molecule has 2 heterocycles. The number of benzene rings is 3. The molecule has 1 aromatic heterocycles. The van der Waals surface area contributed by atoms with Crippen molar-refractivity contribution in [3.63, 3.8) is 0 Å². The van der Waals surface area contributed by atoms with E-state index in [2.05, 4.69) is 95.0 Å². The number of aryl methyl sites for hydroxylation is 1. The molecule has 1 aliphatic heterocycles. The Balaban J connectivity index is 1.51. The Labute approximate surface area is 226 Å². The third kappa shape index (κ3) is 4.53. The summed E-state index contributed by atoms with van der Waals surface area (Å²) in [6.45, 7) is 7.27. The predicted molar refractivity (Wildman–Crippen MR) is 156 cm³/mol. The number of hydrogen-bond acceptors (Lipinski definition) is 4. The van der Waals surface area contributed by atoms with E-state index in [1.165, 1.54) is 26.4 Å². The zero-order valence-electron chi connectivity index (χ0n) is 20.4. The number of hydrogen-bond donors (Lipinski definition) is 1. The van der Waals surface area contributed by atoms with Crippen LogP contribution in [0.4, 0.5) is 11.4 Å². The zero-order valence-corrected chi connectivity index (χ0v) is 22.7. The van der Waals surface area contributed by atoms with E-state index in [4.69, 9.17) is 28.9 Å². The highest BCUT2D eigenvalue weighted by molar-refractivity contribution is 7.18. The van der Waals surface area contributed by atoms with E-state index in [1.54, 1.807) is 0 Å². The number of rotatable bonds is 7. The van der Waals surface area contributed by atoms with Crippen molar-refractivity contribution in [1.29, 1.82) is 0 Å². The summed E-state index contributed by atoms with van der Waals surface area (Å²) in [4.78, 5) is 4.47. The van der Waals surface area contributed by atoms with Crippen LogP contribution < -0.4 is 20.1 Å². The first-order valence-electron chi connectivity index (χ1n) is 12.2. The molecule has 2 N–H and O–H groups in total. The van der Waals surface area contributed by atoms with E-state index >= 15 is 0 Å². The molecule has 1 aliphatic rings. The van der Waals surface area contributed by atoms with E-state index in [9.17, 15) is 0 Å². The van der Waals surface area contributed by atoms with E-state index in [0.29, 0.717) is 23.1 Å². The highest BCUT2D eigenvalue weighted by Gasteiger charge is 2.30. The van der Waals surface area contributed by atoms with Crippen LogP contribution in [0, 0.1) is 0 Å². The Morgan fingerprint density at radius 1 is 0.917 bits per heavy atom. The molecule has 0 saturated heterocycles. The molecule has 4 nitrogen and oxygen atoms in total. The number of aromatic nitrogens is 1. The molecule has 184 valence electrons. The number of allylic oxidation sites excluding steroid dienone is 2. The zero-order chi connectivity index (χ0) is 25.2. The SMILES string of the molecule is CCN1/C(=C\C=C/c2sc3ccc(-c4ccccc4)cc3[n+]2CC)N(CCN)c2cc(Cl)c(Cl)cc21. The molecule has 7 heteroatoms. The van der Waals surface area contributed by atoms with Crippen molar-refractivity contribution in [1.82, 2.24) is 0 Å². The second-order valence-corrected chi connectivity index (χ2v) is 10.4. The fraction of sp³-hybridized carbons (Fsp3) is 0.207. The van der Waals surface area contributed by atoms with Crippen molar-refractivity contribution < 1.29 is 4.57 Å². The molecule has 0 amide bonds. The van der Waals surface area contributed by atoms with Gasteiger partial charge in [0.05, 0.1) is 21.4 Å². The van der Waals surface area contributed by atoms with Crippen molar-refractivity contribution >= 4 is 62.2 Å². The fourth-order valence-electron chi connectivity index (χ4n) is 4.81. The first-order chi connectivity index (χ1) is 17.5. The fourth-order valence-corrected chi connectivity index (χ4v) is 6.24. The molecule has 0 unspecified atom stereocenters. The van der Waals surface area contributed by atoms with Gasteiger partial charge in [0.25, 0.3) is 5.01 Å². The van der Waals surface area contributed by atoms with Gasteiger partial charge in [-0.05, 0) is 49.2 Å². The maximum atomic E-state index is 6.36. The monoisotopic (exact) mass is 535 g/mol. The van der Waals surface area contributed by atoms with Gasteiger partial charge in [-0.15, -0.1) is 0 Å². The minimum atomic E-state index is 0.536. The third-order valence-electron chi connectivity index (χ3n) is 6.46. The average Bonchev–Trinajstić information content (AvgIpc) is 3.39. The van der Waals surface area contributed by atoms with Gasteiger partial charge >= 0.3 is 0 Å². The molecule has 0 bridgehead atoms. The van der Waals surface area contributed by atoms with Crippen LogP contribution in [0.1, 0.15) is 18.9 Å². The summed E-state index contributed by atoms with van der Waals surface area (Å²) in [6, 6.07) is 21.1. The van der Waals surface area contributed by atoms with Gasteiger partial charge in [-0.3, -0.25) is 0 Å². The number of halogens is 2. The van der Waals surface area contributed by atoms with Crippen LogP contribution in [0.25, 0.3) is 27.4 Å². The lowest BCUT2D eigenvalue weighted by molar-refractivity contribution is -0.665. The Morgan fingerprint density at radius 3 is 2.31 bits per heavy atom. The second kappa shape index (κ2) is 10.7. The predicted octanol–water partition coefficient (Wildman–Crippen LogP) is 7.34. The van der Waals surface area contributed by atoms with E-state index in [1.807, 2.05) is 23.5 Å². The standard InChI is InChI=1S/C29H29Cl2N4S/c1-3-33-24-18-22(30)23(31)19-25(24)35(16-15-32)28(33)11-8-12-29-34(4-2)26-17-21(13-14-27(26)36-29)20-9-6-5-7-10-20/h5-14,17-19H,3-4,15-16,32H2,1-2H3/q+1. The number of fused-ring (bicyclic) bond motifs is 2. The maximum absolute atomic E-state index is 6.36. The summed E-state index contributed by atoms with van der Waals surface area (Å²) < 4.78 is 3.65. The molecule has 0 aliphatic carbocycles. The van der Waals surface area contributed by atoms with Gasteiger partial charge in [-0.1, -0.05) is 77.0 Å². The molecule has 4 aromatic rings. The first kappa shape index (κ1) is 24.8. The Morgan fingerprint density at radius 2 is 1.64 bits per heavy atom.